The first-order valence-electron chi connectivity index (χ1n) is 6.64. The Morgan fingerprint density at radius 2 is 1.58 bits per heavy atom. The number of nitrogens with zero attached hydrogens (tertiary/aromatic N) is 2. The summed E-state index contributed by atoms with van der Waals surface area (Å²) in [5, 5.41) is 0. The van der Waals surface area contributed by atoms with Gasteiger partial charge in [-0.25, -0.2) is 4.98 Å². The van der Waals surface area contributed by atoms with Crippen molar-refractivity contribution >= 4 is 18.4 Å². The summed E-state index contributed by atoms with van der Waals surface area (Å²) in [5.41, 5.74) is 1.37. The van der Waals surface area contributed by atoms with Gasteiger partial charge in [-0.15, -0.1) is 0 Å². The monoisotopic (exact) mass is 262 g/mol. The molecule has 1 aliphatic heterocycles. The van der Waals surface area contributed by atoms with Crippen LogP contribution < -0.4 is 10.4 Å². The lowest BCUT2D eigenvalue weighted by atomic mass is 9.79. The summed E-state index contributed by atoms with van der Waals surface area (Å²) < 4.78 is 12.1. The third-order valence-corrected chi connectivity index (χ3v) is 3.95. The molecule has 0 aliphatic carbocycles. The van der Waals surface area contributed by atoms with E-state index >= 15 is 0 Å². The van der Waals surface area contributed by atoms with Crippen molar-refractivity contribution in [3.8, 4) is 0 Å². The molecule has 19 heavy (non-hydrogen) atoms. The van der Waals surface area contributed by atoms with Gasteiger partial charge in [-0.3, -0.25) is 0 Å². The van der Waals surface area contributed by atoms with Gasteiger partial charge in [-0.2, -0.15) is 0 Å². The molecule has 0 unspecified atom stereocenters. The first-order valence-corrected chi connectivity index (χ1v) is 6.64. The number of hydrogen-bond acceptors (Lipinski definition) is 4. The molecule has 4 nitrogen and oxygen atoms in total. The zero-order chi connectivity index (χ0) is 14.4. The maximum Gasteiger partial charge on any atom is 0.495 e. The highest BCUT2D eigenvalue weighted by molar-refractivity contribution is 6.62. The summed E-state index contributed by atoms with van der Waals surface area (Å²) >= 11 is 0. The lowest BCUT2D eigenvalue weighted by Crippen LogP contribution is -2.41. The predicted molar refractivity (Wildman–Crippen MR) is 79.0 cm³/mol. The van der Waals surface area contributed by atoms with Crippen LogP contribution >= 0.6 is 0 Å². The molecule has 0 N–H and O–H groups in total. The van der Waals surface area contributed by atoms with Gasteiger partial charge in [0.05, 0.1) is 11.2 Å². The predicted octanol–water partition coefficient (Wildman–Crippen LogP) is 1.76. The van der Waals surface area contributed by atoms with Gasteiger partial charge < -0.3 is 14.2 Å². The third-order valence-electron chi connectivity index (χ3n) is 3.95. The molecule has 0 atom stereocenters. The molecule has 0 saturated carbocycles. The molecule has 1 fully saturated rings. The zero-order valence-electron chi connectivity index (χ0n) is 12.9. The number of aryl methyl sites for hydroxylation is 1. The Labute approximate surface area is 116 Å². The van der Waals surface area contributed by atoms with Gasteiger partial charge in [0.25, 0.3) is 0 Å². The Morgan fingerprint density at radius 1 is 1.05 bits per heavy atom. The van der Waals surface area contributed by atoms with Crippen LogP contribution in [0.2, 0.25) is 0 Å². The summed E-state index contributed by atoms with van der Waals surface area (Å²) in [4.78, 5) is 6.48. The molecule has 2 heterocycles. The highest BCUT2D eigenvalue weighted by Crippen LogP contribution is 2.36. The lowest BCUT2D eigenvalue weighted by Gasteiger charge is -2.32. The van der Waals surface area contributed by atoms with Gasteiger partial charge in [-0.05, 0) is 52.2 Å². The van der Waals surface area contributed by atoms with Gasteiger partial charge in [-0.1, -0.05) is 0 Å². The number of hydrogen-bond donors (Lipinski definition) is 0. The van der Waals surface area contributed by atoms with E-state index < -0.39 is 0 Å². The number of pyridine rings is 1. The van der Waals surface area contributed by atoms with Crippen LogP contribution in [-0.4, -0.2) is 37.4 Å². The van der Waals surface area contributed by atoms with Gasteiger partial charge in [0.1, 0.15) is 5.82 Å². The minimum atomic E-state index is -0.328. The van der Waals surface area contributed by atoms with E-state index in [0.717, 1.165) is 17.0 Å². The molecule has 0 aromatic carbocycles. The molecule has 2 rings (SSSR count). The molecule has 1 aromatic heterocycles. The molecule has 1 aromatic rings. The van der Waals surface area contributed by atoms with Crippen molar-refractivity contribution in [2.24, 2.45) is 0 Å². The topological polar surface area (TPSA) is 34.6 Å². The number of anilines is 1. The molecule has 0 bridgehead atoms. The molecule has 5 heteroatoms. The minimum Gasteiger partial charge on any atom is -0.399 e. The van der Waals surface area contributed by atoms with E-state index in [9.17, 15) is 0 Å². The Morgan fingerprint density at radius 3 is 2.05 bits per heavy atom. The van der Waals surface area contributed by atoms with Crippen LogP contribution in [-0.2, 0) is 9.31 Å². The molecule has 104 valence electrons. The maximum absolute atomic E-state index is 6.07. The van der Waals surface area contributed by atoms with Gasteiger partial charge in [0.2, 0.25) is 0 Å². The van der Waals surface area contributed by atoms with Crippen LogP contribution in [0.3, 0.4) is 0 Å². The van der Waals surface area contributed by atoms with Crippen molar-refractivity contribution in [3.63, 3.8) is 0 Å². The molecular formula is C14H23BN2O2. The van der Waals surface area contributed by atoms with Crippen molar-refractivity contribution in [1.82, 2.24) is 4.98 Å². The second-order valence-electron chi connectivity index (χ2n) is 6.38. The average molecular weight is 262 g/mol. The summed E-state index contributed by atoms with van der Waals surface area (Å²) in [6.45, 7) is 10.2. The third kappa shape index (κ3) is 2.62. The van der Waals surface area contributed by atoms with Crippen LogP contribution in [0.4, 0.5) is 5.82 Å². The molecule has 0 amide bonds. The fraction of sp³-hybridized carbons (Fsp3) is 0.643. The molecule has 1 saturated heterocycles. The van der Waals surface area contributed by atoms with E-state index in [1.807, 2.05) is 38.1 Å². The molecular weight excluding hydrogens is 239 g/mol. The average Bonchev–Trinajstić information content (AvgIpc) is 2.47. The smallest absolute Gasteiger partial charge is 0.399 e. The summed E-state index contributed by atoms with van der Waals surface area (Å²) in [6, 6.07) is 4.05. The molecule has 1 aliphatic rings. The van der Waals surface area contributed by atoms with Crippen molar-refractivity contribution in [3.05, 3.63) is 17.8 Å². The Bertz CT molecular complexity index is 470. The highest BCUT2D eigenvalue weighted by atomic mass is 16.7. The lowest BCUT2D eigenvalue weighted by molar-refractivity contribution is 0.00578. The van der Waals surface area contributed by atoms with Gasteiger partial charge in [0.15, 0.2) is 0 Å². The summed E-state index contributed by atoms with van der Waals surface area (Å²) in [7, 11) is 3.64. The quantitative estimate of drug-likeness (QED) is 0.760. The normalized spacial score (nSPS) is 20.7. The van der Waals surface area contributed by atoms with E-state index in [2.05, 4.69) is 32.7 Å². The largest absolute Gasteiger partial charge is 0.495 e. The maximum atomic E-state index is 6.07. The van der Waals surface area contributed by atoms with Crippen LogP contribution in [0.5, 0.6) is 0 Å². The van der Waals surface area contributed by atoms with E-state index in [1.165, 1.54) is 0 Å². The van der Waals surface area contributed by atoms with Crippen LogP contribution in [0.15, 0.2) is 12.1 Å². The standard InChI is InChI=1S/C14H23BN2O2/c1-10-8-11(9-12(16-10)17(6)7)15-18-13(2,3)14(4,5)19-15/h8-9H,1-7H3. The first-order chi connectivity index (χ1) is 8.62. The van der Waals surface area contributed by atoms with Gasteiger partial charge >= 0.3 is 7.12 Å². The first kappa shape index (κ1) is 14.3. The van der Waals surface area contributed by atoms with E-state index in [1.54, 1.807) is 0 Å². The molecule has 0 spiro atoms. The van der Waals surface area contributed by atoms with Crippen molar-refractivity contribution in [1.29, 1.82) is 0 Å². The van der Waals surface area contributed by atoms with Crippen molar-refractivity contribution in [2.45, 2.75) is 45.8 Å². The Hall–Kier alpha value is -1.07. The van der Waals surface area contributed by atoms with E-state index in [0.29, 0.717) is 0 Å². The summed E-state index contributed by atoms with van der Waals surface area (Å²) in [5.74, 6) is 0.921. The molecule has 0 radical (unpaired) electrons. The Kier molecular flexibility index (Phi) is 3.39. The number of aromatic nitrogens is 1. The van der Waals surface area contributed by atoms with Crippen molar-refractivity contribution in [2.75, 3.05) is 19.0 Å². The fourth-order valence-electron chi connectivity index (χ4n) is 2.02. The van der Waals surface area contributed by atoms with Crippen LogP contribution in [0.1, 0.15) is 33.4 Å². The fourth-order valence-corrected chi connectivity index (χ4v) is 2.02. The zero-order valence-corrected chi connectivity index (χ0v) is 12.9. The number of rotatable bonds is 2. The van der Waals surface area contributed by atoms with Gasteiger partial charge in [0, 0.05) is 19.8 Å². The van der Waals surface area contributed by atoms with E-state index in [4.69, 9.17) is 9.31 Å². The van der Waals surface area contributed by atoms with Crippen molar-refractivity contribution < 1.29 is 9.31 Å². The van der Waals surface area contributed by atoms with Crippen LogP contribution in [0.25, 0.3) is 0 Å². The van der Waals surface area contributed by atoms with Crippen LogP contribution in [0, 0.1) is 6.92 Å². The Balaban J connectivity index is 2.34. The minimum absolute atomic E-state index is 0.312. The SMILES string of the molecule is Cc1cc(B2OC(C)(C)C(C)(C)O2)cc(N(C)C)n1. The second-order valence-corrected chi connectivity index (χ2v) is 6.38. The second kappa shape index (κ2) is 4.49. The van der Waals surface area contributed by atoms with E-state index in [-0.39, 0.29) is 18.3 Å². The summed E-state index contributed by atoms with van der Waals surface area (Å²) in [6.07, 6.45) is 0. The highest BCUT2D eigenvalue weighted by Gasteiger charge is 2.51.